The van der Waals surface area contributed by atoms with Gasteiger partial charge in [0.25, 0.3) is 0 Å². The van der Waals surface area contributed by atoms with Crippen LogP contribution in [0.15, 0.2) is 267 Å². The molecular formula is C72H44N2. The van der Waals surface area contributed by atoms with Gasteiger partial charge in [0.2, 0.25) is 0 Å². The number of hydrogen-bond acceptors (Lipinski definition) is 1. The van der Waals surface area contributed by atoms with Gasteiger partial charge in [-0.3, -0.25) is 0 Å². The summed E-state index contributed by atoms with van der Waals surface area (Å²) in [5, 5.41) is 5.01. The fraction of sp³-hybridized carbons (Fsp3) is 0.0278. The lowest BCUT2D eigenvalue weighted by Crippen LogP contribution is -2.33. The lowest BCUT2D eigenvalue weighted by atomic mass is 9.65. The summed E-state index contributed by atoms with van der Waals surface area (Å²) in [6.45, 7) is 0. The quantitative estimate of drug-likeness (QED) is 0.171. The molecule has 1 aliphatic heterocycles. The van der Waals surface area contributed by atoms with Crippen molar-refractivity contribution in [2.75, 3.05) is 4.90 Å². The number of aromatic nitrogens is 1. The molecular weight excluding hydrogens is 893 g/mol. The van der Waals surface area contributed by atoms with Gasteiger partial charge in [-0.2, -0.15) is 0 Å². The first kappa shape index (κ1) is 40.1. The minimum absolute atomic E-state index is 0.533. The number of hydrogen-bond donors (Lipinski definition) is 0. The molecule has 2 heteroatoms. The van der Waals surface area contributed by atoms with Gasteiger partial charge in [-0.15, -0.1) is 0 Å². The van der Waals surface area contributed by atoms with Crippen LogP contribution in [-0.2, 0) is 10.8 Å². The van der Waals surface area contributed by atoms with Crippen molar-refractivity contribution >= 4 is 49.6 Å². The van der Waals surface area contributed by atoms with E-state index in [1.54, 1.807) is 0 Å². The SMILES string of the molecule is c1ccc(-c2ccccc2N(c2ccc3c(c2)C2(c4ccccc4-3)c3ccccc3-n3c4ccccc4c4cccc2c43)c2cc3c(c4ccccc24)-c2ccccc2C32c3ccccc3-c3ccccc32)cc1. The highest BCUT2D eigenvalue weighted by Crippen LogP contribution is 2.66. The molecule has 2 spiro atoms. The van der Waals surface area contributed by atoms with Crippen molar-refractivity contribution in [3.63, 3.8) is 0 Å². The largest absolute Gasteiger partial charge is 0.309 e. The van der Waals surface area contributed by atoms with Gasteiger partial charge in [-0.25, -0.2) is 0 Å². The van der Waals surface area contributed by atoms with Crippen LogP contribution in [0.25, 0.3) is 82.8 Å². The maximum Gasteiger partial charge on any atom is 0.0755 e. The van der Waals surface area contributed by atoms with E-state index in [1.165, 1.54) is 127 Å². The summed E-state index contributed by atoms with van der Waals surface area (Å²) in [7, 11) is 0. The molecule has 1 atom stereocenters. The van der Waals surface area contributed by atoms with Crippen molar-refractivity contribution in [3.8, 4) is 50.2 Å². The van der Waals surface area contributed by atoms with Crippen LogP contribution in [0.2, 0.25) is 0 Å². The number of nitrogens with zero attached hydrogens (tertiary/aromatic N) is 2. The molecule has 3 aliphatic carbocycles. The Labute approximate surface area is 429 Å². The lowest BCUT2D eigenvalue weighted by Gasteiger charge is -2.40. The van der Waals surface area contributed by atoms with Crippen molar-refractivity contribution in [1.29, 1.82) is 0 Å². The van der Waals surface area contributed by atoms with Gasteiger partial charge in [-0.1, -0.05) is 231 Å². The highest BCUT2D eigenvalue weighted by atomic mass is 15.1. The molecule has 0 fully saturated rings. The lowest BCUT2D eigenvalue weighted by molar-refractivity contribution is 0.748. The average molecular weight is 937 g/mol. The highest BCUT2D eigenvalue weighted by Gasteiger charge is 2.54. The molecule has 0 amide bonds. The first-order valence-electron chi connectivity index (χ1n) is 25.9. The van der Waals surface area contributed by atoms with Crippen molar-refractivity contribution in [2.45, 2.75) is 10.8 Å². The van der Waals surface area contributed by atoms with Gasteiger partial charge < -0.3 is 9.47 Å². The van der Waals surface area contributed by atoms with Gasteiger partial charge in [-0.05, 0) is 125 Å². The Hall–Kier alpha value is -9.50. The van der Waals surface area contributed by atoms with Crippen LogP contribution in [0.3, 0.4) is 0 Å². The fourth-order valence-electron chi connectivity index (χ4n) is 14.7. The van der Waals surface area contributed by atoms with Crippen molar-refractivity contribution in [3.05, 3.63) is 311 Å². The summed E-state index contributed by atoms with van der Waals surface area (Å²) in [6.07, 6.45) is 0. The van der Waals surface area contributed by atoms with Crippen LogP contribution in [0, 0.1) is 0 Å². The van der Waals surface area contributed by atoms with Gasteiger partial charge in [0.05, 0.1) is 38.9 Å². The molecule has 0 bridgehead atoms. The van der Waals surface area contributed by atoms with Crippen LogP contribution in [0.5, 0.6) is 0 Å². The van der Waals surface area contributed by atoms with E-state index in [9.17, 15) is 0 Å². The second-order valence-corrected chi connectivity index (χ2v) is 20.6. The standard InChI is InChI=1S/C72H44N2/c1-2-21-45(22-3-1)47-23-10-17-38-65(47)73(68-44-64-69(54-29-5-4-27-52(54)68)56-30-9-15-35-60(56)71(64)57-32-12-6-24-48(57)49-25-7-13-33-58(49)71)46-41-42-51-50-26-8-14-34-59(50)72(63(51)43-46)61-36-16-19-40-67(61)74-66-39-18-11-28-53(66)55-31-20-37-62(72)70(55)74/h1-44H. The van der Waals surface area contributed by atoms with Crippen LogP contribution >= 0.6 is 0 Å². The maximum absolute atomic E-state index is 2.61. The molecule has 0 radical (unpaired) electrons. The van der Waals surface area contributed by atoms with Crippen LogP contribution in [0.4, 0.5) is 17.1 Å². The third kappa shape index (κ3) is 4.82. The topological polar surface area (TPSA) is 8.17 Å². The van der Waals surface area contributed by atoms with E-state index in [4.69, 9.17) is 0 Å². The normalized spacial score (nSPS) is 15.5. The Bertz CT molecular complexity index is 4530. The van der Waals surface area contributed by atoms with E-state index in [0.29, 0.717) is 0 Å². The predicted molar refractivity (Wildman–Crippen MR) is 306 cm³/mol. The summed E-state index contributed by atoms with van der Waals surface area (Å²) in [6, 6.07) is 101. The van der Waals surface area contributed by atoms with Crippen molar-refractivity contribution < 1.29 is 0 Å². The molecule has 1 aromatic heterocycles. The average Bonchev–Trinajstić information content (AvgIpc) is 4.34. The zero-order valence-corrected chi connectivity index (χ0v) is 40.3. The van der Waals surface area contributed by atoms with Crippen molar-refractivity contribution in [1.82, 2.24) is 4.57 Å². The Kier molecular flexibility index (Phi) is 7.90. The highest BCUT2D eigenvalue weighted by molar-refractivity contribution is 6.15. The monoisotopic (exact) mass is 936 g/mol. The zero-order chi connectivity index (χ0) is 48.3. The Morgan fingerprint density at radius 1 is 0.284 bits per heavy atom. The minimum Gasteiger partial charge on any atom is -0.309 e. The number of rotatable bonds is 4. The van der Waals surface area contributed by atoms with Gasteiger partial charge in [0.1, 0.15) is 0 Å². The molecule has 74 heavy (non-hydrogen) atoms. The summed E-state index contributed by atoms with van der Waals surface area (Å²) >= 11 is 0. The van der Waals surface area contributed by atoms with E-state index in [0.717, 1.165) is 17.1 Å². The molecule has 342 valence electrons. The van der Waals surface area contributed by atoms with E-state index >= 15 is 0 Å². The van der Waals surface area contributed by atoms with Gasteiger partial charge >= 0.3 is 0 Å². The van der Waals surface area contributed by atoms with Gasteiger partial charge in [0, 0.05) is 27.4 Å². The van der Waals surface area contributed by atoms with E-state index in [-0.39, 0.29) is 0 Å². The second kappa shape index (κ2) is 14.6. The Morgan fingerprint density at radius 3 is 1.50 bits per heavy atom. The van der Waals surface area contributed by atoms with Crippen LogP contribution < -0.4 is 4.90 Å². The maximum atomic E-state index is 2.61. The van der Waals surface area contributed by atoms with Crippen molar-refractivity contribution in [2.24, 2.45) is 0 Å². The molecule has 2 heterocycles. The first-order valence-corrected chi connectivity index (χ1v) is 25.9. The number of fused-ring (bicyclic) bond motifs is 24. The van der Waals surface area contributed by atoms with Gasteiger partial charge in [0.15, 0.2) is 0 Å². The zero-order valence-electron chi connectivity index (χ0n) is 40.3. The molecule has 1 unspecified atom stereocenters. The number of para-hydroxylation sites is 4. The van der Waals surface area contributed by atoms with Crippen LogP contribution in [-0.4, -0.2) is 4.57 Å². The molecule has 4 aliphatic rings. The van der Waals surface area contributed by atoms with E-state index in [1.807, 2.05) is 0 Å². The molecule has 12 aromatic carbocycles. The molecule has 17 rings (SSSR count). The summed E-state index contributed by atoms with van der Waals surface area (Å²) in [5.41, 5.74) is 26.6. The number of anilines is 3. The Morgan fingerprint density at radius 2 is 0.784 bits per heavy atom. The summed E-state index contributed by atoms with van der Waals surface area (Å²) in [4.78, 5) is 2.61. The molecule has 2 nitrogen and oxygen atoms in total. The van der Waals surface area contributed by atoms with E-state index < -0.39 is 10.8 Å². The third-order valence-electron chi connectivity index (χ3n) is 17.4. The summed E-state index contributed by atoms with van der Waals surface area (Å²) in [5.74, 6) is 0. The van der Waals surface area contributed by atoms with Crippen LogP contribution in [0.1, 0.15) is 44.5 Å². The first-order chi connectivity index (χ1) is 36.8. The smallest absolute Gasteiger partial charge is 0.0755 e. The molecule has 0 saturated carbocycles. The Balaban J connectivity index is 1.01. The second-order valence-electron chi connectivity index (χ2n) is 20.6. The third-order valence-corrected chi connectivity index (χ3v) is 17.4. The summed E-state index contributed by atoms with van der Waals surface area (Å²) < 4.78 is 2.54. The fourth-order valence-corrected chi connectivity index (χ4v) is 14.7. The molecule has 0 saturated heterocycles. The minimum atomic E-state index is -0.615. The molecule has 0 N–H and O–H groups in total. The number of benzene rings is 12. The molecule has 13 aromatic rings. The van der Waals surface area contributed by atoms with E-state index in [2.05, 4.69) is 276 Å². The predicted octanol–water partition coefficient (Wildman–Crippen LogP) is 18.1.